The zero-order valence-electron chi connectivity index (χ0n) is 13.5. The Hall–Kier alpha value is -2.44. The fourth-order valence-electron chi connectivity index (χ4n) is 2.55. The van der Waals surface area contributed by atoms with Gasteiger partial charge in [-0.1, -0.05) is 12.1 Å². The van der Waals surface area contributed by atoms with Crippen molar-refractivity contribution in [2.75, 3.05) is 26.3 Å². The van der Waals surface area contributed by atoms with Crippen LogP contribution in [0, 0.1) is 11.7 Å². The largest absolute Gasteiger partial charge is 0.466 e. The van der Waals surface area contributed by atoms with E-state index in [0.717, 1.165) is 6.07 Å². The van der Waals surface area contributed by atoms with Gasteiger partial charge in [0.15, 0.2) is 6.61 Å². The van der Waals surface area contributed by atoms with Gasteiger partial charge in [-0.05, 0) is 31.9 Å². The number of carbonyl (C=O) groups is 3. The van der Waals surface area contributed by atoms with E-state index in [1.807, 2.05) is 0 Å². The maximum Gasteiger partial charge on any atom is 0.341 e. The van der Waals surface area contributed by atoms with Gasteiger partial charge in [0.1, 0.15) is 5.82 Å². The standard InChI is InChI=1S/C17H20FNO5/c1-2-23-16(21)12-7-9-19(10-8-12)15(20)11-24-17(22)13-5-3-4-6-14(13)18/h3-6,12H,2,7-11H2,1H3. The Balaban J connectivity index is 1.79. The minimum atomic E-state index is -0.872. The van der Waals surface area contributed by atoms with Crippen molar-refractivity contribution in [3.63, 3.8) is 0 Å². The number of carbonyl (C=O) groups excluding carboxylic acids is 3. The van der Waals surface area contributed by atoms with Crippen LogP contribution in [-0.2, 0) is 19.1 Å². The zero-order chi connectivity index (χ0) is 17.5. The van der Waals surface area contributed by atoms with Crippen molar-refractivity contribution < 1.29 is 28.2 Å². The maximum absolute atomic E-state index is 13.5. The third-order valence-corrected chi connectivity index (χ3v) is 3.89. The Morgan fingerprint density at radius 1 is 1.17 bits per heavy atom. The molecule has 0 saturated carbocycles. The molecule has 0 N–H and O–H groups in total. The van der Waals surface area contributed by atoms with Gasteiger partial charge in [-0.3, -0.25) is 9.59 Å². The lowest BCUT2D eigenvalue weighted by molar-refractivity contribution is -0.151. The lowest BCUT2D eigenvalue weighted by Crippen LogP contribution is -2.42. The summed E-state index contributed by atoms with van der Waals surface area (Å²) in [6.45, 7) is 2.45. The van der Waals surface area contributed by atoms with Gasteiger partial charge in [0.05, 0.1) is 18.1 Å². The van der Waals surface area contributed by atoms with Gasteiger partial charge in [-0.25, -0.2) is 9.18 Å². The number of esters is 2. The highest BCUT2D eigenvalue weighted by molar-refractivity contribution is 5.91. The van der Waals surface area contributed by atoms with Crippen LogP contribution in [0.15, 0.2) is 24.3 Å². The van der Waals surface area contributed by atoms with Crippen LogP contribution in [0.1, 0.15) is 30.1 Å². The van der Waals surface area contributed by atoms with E-state index in [1.54, 1.807) is 6.92 Å². The summed E-state index contributed by atoms with van der Waals surface area (Å²) in [5.41, 5.74) is -0.202. The zero-order valence-corrected chi connectivity index (χ0v) is 13.5. The minimum Gasteiger partial charge on any atom is -0.466 e. The molecular formula is C17H20FNO5. The molecular weight excluding hydrogens is 317 g/mol. The Labute approximate surface area is 139 Å². The summed E-state index contributed by atoms with van der Waals surface area (Å²) in [6, 6.07) is 5.43. The van der Waals surface area contributed by atoms with E-state index < -0.39 is 18.4 Å². The smallest absolute Gasteiger partial charge is 0.341 e. The molecule has 130 valence electrons. The number of nitrogens with zero attached hydrogens (tertiary/aromatic N) is 1. The summed E-state index contributed by atoms with van der Waals surface area (Å²) in [6.07, 6.45) is 1.04. The molecule has 6 nitrogen and oxygen atoms in total. The first kappa shape index (κ1) is 17.9. The van der Waals surface area contributed by atoms with E-state index in [0.29, 0.717) is 32.5 Å². The quantitative estimate of drug-likeness (QED) is 0.766. The summed E-state index contributed by atoms with van der Waals surface area (Å²) in [5.74, 6) is -2.36. The number of rotatable bonds is 5. The van der Waals surface area contributed by atoms with Crippen LogP contribution in [0.2, 0.25) is 0 Å². The topological polar surface area (TPSA) is 72.9 Å². The Morgan fingerprint density at radius 2 is 1.83 bits per heavy atom. The van der Waals surface area contributed by atoms with Crippen LogP contribution in [0.5, 0.6) is 0 Å². The average Bonchev–Trinajstić information content (AvgIpc) is 2.60. The van der Waals surface area contributed by atoms with Crippen LogP contribution in [0.25, 0.3) is 0 Å². The molecule has 0 aromatic heterocycles. The highest BCUT2D eigenvalue weighted by atomic mass is 19.1. The minimum absolute atomic E-state index is 0.199. The molecule has 0 radical (unpaired) electrons. The molecule has 1 heterocycles. The van der Waals surface area contributed by atoms with Gasteiger partial charge in [-0.2, -0.15) is 0 Å². The van der Waals surface area contributed by atoms with E-state index in [1.165, 1.54) is 23.1 Å². The van der Waals surface area contributed by atoms with Crippen molar-refractivity contribution in [2.45, 2.75) is 19.8 Å². The molecule has 1 aliphatic rings. The molecule has 0 spiro atoms. The Morgan fingerprint density at radius 3 is 2.46 bits per heavy atom. The summed E-state index contributed by atoms with van der Waals surface area (Å²) < 4.78 is 23.3. The number of hydrogen-bond acceptors (Lipinski definition) is 5. The fraction of sp³-hybridized carbons (Fsp3) is 0.471. The first-order valence-corrected chi connectivity index (χ1v) is 7.89. The molecule has 24 heavy (non-hydrogen) atoms. The van der Waals surface area contributed by atoms with Crippen molar-refractivity contribution in [1.29, 1.82) is 0 Å². The van der Waals surface area contributed by atoms with Gasteiger partial charge in [0, 0.05) is 13.1 Å². The third-order valence-electron chi connectivity index (χ3n) is 3.89. The maximum atomic E-state index is 13.5. The summed E-state index contributed by atoms with van der Waals surface area (Å²) in [5, 5.41) is 0. The predicted octanol–water partition coefficient (Wildman–Crippen LogP) is 1.78. The number of likely N-dealkylation sites (tertiary alicyclic amines) is 1. The second-order valence-electron chi connectivity index (χ2n) is 5.46. The molecule has 2 rings (SSSR count). The molecule has 1 amide bonds. The summed E-state index contributed by atoms with van der Waals surface area (Å²) in [7, 11) is 0. The molecule has 1 fully saturated rings. The van der Waals surface area contributed by atoms with Gasteiger partial charge < -0.3 is 14.4 Å². The molecule has 0 unspecified atom stereocenters. The van der Waals surface area contributed by atoms with Crippen molar-refractivity contribution in [3.05, 3.63) is 35.6 Å². The third kappa shape index (κ3) is 4.53. The molecule has 0 bridgehead atoms. The Kier molecular flexibility index (Phi) is 6.28. The van der Waals surface area contributed by atoms with Crippen LogP contribution in [0.4, 0.5) is 4.39 Å². The van der Waals surface area contributed by atoms with Crippen LogP contribution in [0.3, 0.4) is 0 Å². The average molecular weight is 337 g/mol. The number of amides is 1. The second kappa shape index (κ2) is 8.42. The SMILES string of the molecule is CCOC(=O)C1CCN(C(=O)COC(=O)c2ccccc2F)CC1. The highest BCUT2D eigenvalue weighted by Gasteiger charge is 2.28. The normalized spacial score (nSPS) is 15.0. The van der Waals surface area contributed by atoms with E-state index >= 15 is 0 Å². The summed E-state index contributed by atoms with van der Waals surface area (Å²) in [4.78, 5) is 37.0. The van der Waals surface area contributed by atoms with Crippen molar-refractivity contribution in [3.8, 4) is 0 Å². The number of piperidine rings is 1. The Bertz CT molecular complexity index is 611. The van der Waals surface area contributed by atoms with E-state index in [2.05, 4.69) is 0 Å². The first-order chi connectivity index (χ1) is 11.5. The molecule has 7 heteroatoms. The van der Waals surface area contributed by atoms with E-state index in [4.69, 9.17) is 9.47 Å². The van der Waals surface area contributed by atoms with E-state index in [-0.39, 0.29) is 23.4 Å². The van der Waals surface area contributed by atoms with Crippen LogP contribution < -0.4 is 0 Å². The molecule has 1 aliphatic heterocycles. The van der Waals surface area contributed by atoms with Crippen molar-refractivity contribution in [1.82, 2.24) is 4.90 Å². The molecule has 1 aromatic carbocycles. The monoisotopic (exact) mass is 337 g/mol. The predicted molar refractivity (Wildman–Crippen MR) is 82.6 cm³/mol. The van der Waals surface area contributed by atoms with Crippen molar-refractivity contribution >= 4 is 17.8 Å². The number of ether oxygens (including phenoxy) is 2. The number of halogens is 1. The van der Waals surface area contributed by atoms with Crippen molar-refractivity contribution in [2.24, 2.45) is 5.92 Å². The summed E-state index contributed by atoms with van der Waals surface area (Å²) >= 11 is 0. The van der Waals surface area contributed by atoms with Gasteiger partial charge in [-0.15, -0.1) is 0 Å². The molecule has 0 aliphatic carbocycles. The van der Waals surface area contributed by atoms with E-state index in [9.17, 15) is 18.8 Å². The number of benzene rings is 1. The highest BCUT2D eigenvalue weighted by Crippen LogP contribution is 2.19. The first-order valence-electron chi connectivity index (χ1n) is 7.89. The molecule has 1 aromatic rings. The van der Waals surface area contributed by atoms with Crippen LogP contribution in [-0.4, -0.2) is 49.0 Å². The van der Waals surface area contributed by atoms with Gasteiger partial charge >= 0.3 is 11.9 Å². The lowest BCUT2D eigenvalue weighted by Gasteiger charge is -2.30. The second-order valence-corrected chi connectivity index (χ2v) is 5.46. The lowest BCUT2D eigenvalue weighted by atomic mass is 9.97. The fourth-order valence-corrected chi connectivity index (χ4v) is 2.55. The van der Waals surface area contributed by atoms with Gasteiger partial charge in [0.2, 0.25) is 0 Å². The van der Waals surface area contributed by atoms with Gasteiger partial charge in [0.25, 0.3) is 5.91 Å². The van der Waals surface area contributed by atoms with Crippen LogP contribution >= 0.6 is 0 Å². The molecule has 1 saturated heterocycles. The molecule has 0 atom stereocenters. The number of hydrogen-bond donors (Lipinski definition) is 0.